The standard InChI is InChI=1S/C24H26N2O4/c1-3-14-26-21-13-12-19(25-22(28)18-10-5-4-6-11-18)16-20(21)24(30,23(26)29)17(2)9-7-8-15-27/h3-7,9-13,16-17,27,30H,1,8,14-15H2,2H3,(H,25,28)/b9-7+/t17-,24+/m1/s1. The number of fused-ring (bicyclic) bond motifs is 1. The first-order valence-electron chi connectivity index (χ1n) is 9.87. The third-order valence-electron chi connectivity index (χ3n) is 5.25. The number of hydrogen-bond acceptors (Lipinski definition) is 4. The highest BCUT2D eigenvalue weighted by molar-refractivity contribution is 6.09. The van der Waals surface area contributed by atoms with Gasteiger partial charge in [0.15, 0.2) is 5.60 Å². The molecular formula is C24H26N2O4. The van der Waals surface area contributed by atoms with Gasteiger partial charge >= 0.3 is 0 Å². The zero-order valence-corrected chi connectivity index (χ0v) is 16.9. The van der Waals surface area contributed by atoms with E-state index in [1.807, 2.05) is 6.07 Å². The lowest BCUT2D eigenvalue weighted by Gasteiger charge is -2.27. The molecule has 2 aromatic carbocycles. The van der Waals surface area contributed by atoms with Crippen LogP contribution in [0.1, 0.15) is 29.3 Å². The second-order valence-corrected chi connectivity index (χ2v) is 7.25. The third kappa shape index (κ3) is 3.92. The van der Waals surface area contributed by atoms with E-state index in [4.69, 9.17) is 5.11 Å². The first kappa shape index (κ1) is 21.5. The Morgan fingerprint density at radius 2 is 2.00 bits per heavy atom. The number of amides is 2. The molecule has 3 rings (SSSR count). The zero-order chi connectivity index (χ0) is 21.7. The van der Waals surface area contributed by atoms with Gasteiger partial charge in [-0.1, -0.05) is 43.4 Å². The maximum absolute atomic E-state index is 13.2. The summed E-state index contributed by atoms with van der Waals surface area (Å²) in [4.78, 5) is 27.2. The van der Waals surface area contributed by atoms with Gasteiger partial charge in [-0.25, -0.2) is 0 Å². The fourth-order valence-corrected chi connectivity index (χ4v) is 3.64. The summed E-state index contributed by atoms with van der Waals surface area (Å²) in [5.41, 5.74) is 0.236. The molecule has 2 amide bonds. The van der Waals surface area contributed by atoms with Crippen molar-refractivity contribution in [3.8, 4) is 0 Å². The third-order valence-corrected chi connectivity index (χ3v) is 5.25. The minimum atomic E-state index is -1.78. The van der Waals surface area contributed by atoms with Gasteiger partial charge < -0.3 is 20.4 Å². The van der Waals surface area contributed by atoms with Crippen LogP contribution in [0.15, 0.2) is 73.3 Å². The van der Waals surface area contributed by atoms with Gasteiger partial charge in [0, 0.05) is 35.9 Å². The van der Waals surface area contributed by atoms with E-state index < -0.39 is 17.4 Å². The molecule has 1 aliphatic rings. The average Bonchev–Trinajstić information content (AvgIpc) is 2.97. The molecule has 1 aliphatic heterocycles. The Labute approximate surface area is 176 Å². The Balaban J connectivity index is 1.98. The molecule has 6 nitrogen and oxygen atoms in total. The summed E-state index contributed by atoms with van der Waals surface area (Å²) in [7, 11) is 0. The molecule has 0 bridgehead atoms. The summed E-state index contributed by atoms with van der Waals surface area (Å²) >= 11 is 0. The molecule has 0 radical (unpaired) electrons. The van der Waals surface area contributed by atoms with Crippen molar-refractivity contribution in [2.45, 2.75) is 18.9 Å². The number of aliphatic hydroxyl groups excluding tert-OH is 1. The molecule has 0 aliphatic carbocycles. The summed E-state index contributed by atoms with van der Waals surface area (Å²) in [6.07, 6.45) is 5.51. The molecule has 2 atom stereocenters. The summed E-state index contributed by atoms with van der Waals surface area (Å²) < 4.78 is 0. The SMILES string of the molecule is C=CCN1C(=O)[C@](O)([C@H](C)/C=C/CCO)c2cc(NC(=O)c3ccccc3)ccc21. The molecule has 0 aromatic heterocycles. The first-order valence-corrected chi connectivity index (χ1v) is 9.87. The topological polar surface area (TPSA) is 89.9 Å². The van der Waals surface area contributed by atoms with Crippen LogP contribution in [0.5, 0.6) is 0 Å². The Kier molecular flexibility index (Phi) is 6.50. The first-order chi connectivity index (χ1) is 14.4. The highest BCUT2D eigenvalue weighted by atomic mass is 16.3. The Hall–Kier alpha value is -3.22. The minimum Gasteiger partial charge on any atom is -0.396 e. The van der Waals surface area contributed by atoms with E-state index in [1.54, 1.807) is 67.6 Å². The summed E-state index contributed by atoms with van der Waals surface area (Å²) in [5, 5.41) is 23.3. The van der Waals surface area contributed by atoms with Gasteiger partial charge in [0.2, 0.25) is 0 Å². The number of rotatable bonds is 8. The fraction of sp³-hybridized carbons (Fsp3) is 0.250. The van der Waals surface area contributed by atoms with Gasteiger partial charge in [0.1, 0.15) is 0 Å². The number of anilines is 2. The van der Waals surface area contributed by atoms with Crippen molar-refractivity contribution in [2.24, 2.45) is 5.92 Å². The van der Waals surface area contributed by atoms with Gasteiger partial charge in [0.05, 0.1) is 5.69 Å². The van der Waals surface area contributed by atoms with E-state index in [-0.39, 0.29) is 19.1 Å². The average molecular weight is 406 g/mol. The molecule has 30 heavy (non-hydrogen) atoms. The summed E-state index contributed by atoms with van der Waals surface area (Å²) in [6, 6.07) is 13.9. The number of nitrogens with zero attached hydrogens (tertiary/aromatic N) is 1. The molecule has 0 unspecified atom stereocenters. The van der Waals surface area contributed by atoms with Crippen LogP contribution in [0.4, 0.5) is 11.4 Å². The maximum atomic E-state index is 13.2. The predicted molar refractivity (Wildman–Crippen MR) is 117 cm³/mol. The quantitative estimate of drug-likeness (QED) is 0.587. The van der Waals surface area contributed by atoms with Crippen molar-refractivity contribution in [3.05, 3.63) is 84.5 Å². The monoisotopic (exact) mass is 406 g/mol. The van der Waals surface area contributed by atoms with E-state index in [1.165, 1.54) is 4.90 Å². The van der Waals surface area contributed by atoms with E-state index in [0.717, 1.165) is 0 Å². The van der Waals surface area contributed by atoms with Gasteiger partial charge in [-0.3, -0.25) is 9.59 Å². The molecule has 156 valence electrons. The second kappa shape index (κ2) is 9.07. The Morgan fingerprint density at radius 3 is 2.67 bits per heavy atom. The van der Waals surface area contributed by atoms with Crippen LogP contribution in [-0.4, -0.2) is 35.2 Å². The largest absolute Gasteiger partial charge is 0.396 e. The summed E-state index contributed by atoms with van der Waals surface area (Å²) in [5.74, 6) is -1.25. The van der Waals surface area contributed by atoms with Crippen LogP contribution in [0.25, 0.3) is 0 Å². The molecule has 0 saturated carbocycles. The van der Waals surface area contributed by atoms with Crippen molar-refractivity contribution < 1.29 is 19.8 Å². The smallest absolute Gasteiger partial charge is 0.264 e. The maximum Gasteiger partial charge on any atom is 0.264 e. The summed E-state index contributed by atoms with van der Waals surface area (Å²) in [6.45, 7) is 5.70. The van der Waals surface area contributed by atoms with Crippen molar-refractivity contribution in [2.75, 3.05) is 23.4 Å². The second-order valence-electron chi connectivity index (χ2n) is 7.25. The number of carbonyl (C=O) groups is 2. The normalized spacial score (nSPS) is 19.0. The molecule has 0 saturated heterocycles. The molecule has 6 heteroatoms. The number of benzene rings is 2. The van der Waals surface area contributed by atoms with E-state index in [9.17, 15) is 14.7 Å². The van der Waals surface area contributed by atoms with Crippen molar-refractivity contribution in [1.29, 1.82) is 0 Å². The Morgan fingerprint density at radius 1 is 1.27 bits per heavy atom. The van der Waals surface area contributed by atoms with Crippen LogP contribution in [0, 0.1) is 5.92 Å². The van der Waals surface area contributed by atoms with E-state index in [0.29, 0.717) is 28.9 Å². The minimum absolute atomic E-state index is 0.00949. The van der Waals surface area contributed by atoms with Gasteiger partial charge in [-0.05, 0) is 36.8 Å². The van der Waals surface area contributed by atoms with Crippen LogP contribution in [0.2, 0.25) is 0 Å². The van der Waals surface area contributed by atoms with Crippen molar-refractivity contribution in [3.63, 3.8) is 0 Å². The zero-order valence-electron chi connectivity index (χ0n) is 16.9. The number of aliphatic hydroxyl groups is 2. The fourth-order valence-electron chi connectivity index (χ4n) is 3.64. The van der Waals surface area contributed by atoms with Crippen molar-refractivity contribution >= 4 is 23.2 Å². The van der Waals surface area contributed by atoms with Crippen LogP contribution < -0.4 is 10.2 Å². The lowest BCUT2D eigenvalue weighted by atomic mass is 9.82. The van der Waals surface area contributed by atoms with Gasteiger partial charge in [0.25, 0.3) is 11.8 Å². The molecule has 0 fully saturated rings. The van der Waals surface area contributed by atoms with Crippen LogP contribution >= 0.6 is 0 Å². The van der Waals surface area contributed by atoms with E-state index in [2.05, 4.69) is 11.9 Å². The predicted octanol–water partition coefficient (Wildman–Crippen LogP) is 3.23. The van der Waals surface area contributed by atoms with Gasteiger partial charge in [-0.2, -0.15) is 0 Å². The van der Waals surface area contributed by atoms with E-state index >= 15 is 0 Å². The lowest BCUT2D eigenvalue weighted by Crippen LogP contribution is -2.44. The van der Waals surface area contributed by atoms with Crippen LogP contribution in [0.3, 0.4) is 0 Å². The number of hydrogen-bond donors (Lipinski definition) is 3. The molecule has 3 N–H and O–H groups in total. The number of carbonyl (C=O) groups excluding carboxylic acids is 2. The molecular weight excluding hydrogens is 380 g/mol. The number of nitrogens with one attached hydrogen (secondary N) is 1. The molecule has 1 heterocycles. The van der Waals surface area contributed by atoms with Crippen molar-refractivity contribution in [1.82, 2.24) is 0 Å². The van der Waals surface area contributed by atoms with Crippen LogP contribution in [-0.2, 0) is 10.4 Å². The highest BCUT2D eigenvalue weighted by Gasteiger charge is 2.52. The molecule has 0 spiro atoms. The van der Waals surface area contributed by atoms with Gasteiger partial charge in [-0.15, -0.1) is 6.58 Å². The highest BCUT2D eigenvalue weighted by Crippen LogP contribution is 2.46. The Bertz CT molecular complexity index is 970. The lowest BCUT2D eigenvalue weighted by molar-refractivity contribution is -0.139. The molecule has 2 aromatic rings.